The first-order valence-corrected chi connectivity index (χ1v) is 4.29. The van der Waals surface area contributed by atoms with Crippen molar-refractivity contribution in [3.63, 3.8) is 0 Å². The molecule has 0 heterocycles. The van der Waals surface area contributed by atoms with Gasteiger partial charge in [-0.1, -0.05) is 24.6 Å². The van der Waals surface area contributed by atoms with Crippen LogP contribution in [0.3, 0.4) is 0 Å². The molecule has 0 atom stereocenters. The van der Waals surface area contributed by atoms with Gasteiger partial charge in [0.15, 0.2) is 0 Å². The van der Waals surface area contributed by atoms with Crippen LogP contribution in [0, 0.1) is 5.92 Å². The lowest BCUT2D eigenvalue weighted by atomic mass is 10.0. The number of methoxy groups -OCH3 is 1. The van der Waals surface area contributed by atoms with E-state index in [0.29, 0.717) is 16.7 Å². The lowest BCUT2D eigenvalue weighted by Gasteiger charge is -2.08. The van der Waals surface area contributed by atoms with Crippen molar-refractivity contribution in [1.82, 2.24) is 0 Å². The zero-order valence-electron chi connectivity index (χ0n) is 7.60. The van der Waals surface area contributed by atoms with Crippen LogP contribution in [0.5, 0.6) is 5.75 Å². The molecule has 0 saturated carbocycles. The molecule has 1 rings (SSSR count). The minimum Gasteiger partial charge on any atom is -0.495 e. The molecule has 0 spiro atoms. The van der Waals surface area contributed by atoms with Crippen LogP contribution in [0.2, 0.25) is 5.02 Å². The largest absolute Gasteiger partial charge is 0.495 e. The molecule has 0 unspecified atom stereocenters. The number of hydrogen-bond acceptors (Lipinski definition) is 1. The van der Waals surface area contributed by atoms with Crippen molar-refractivity contribution >= 4 is 11.6 Å². The Hall–Kier alpha value is -0.760. The molecule has 3 heteroatoms. The van der Waals surface area contributed by atoms with Gasteiger partial charge in [-0.3, -0.25) is 4.39 Å². The first kappa shape index (κ1) is 10.3. The van der Waals surface area contributed by atoms with Gasteiger partial charge in [0.2, 0.25) is 0 Å². The summed E-state index contributed by atoms with van der Waals surface area (Å²) in [5.74, 6) is 1.28. The molecule has 0 aromatic heterocycles. The van der Waals surface area contributed by atoms with Gasteiger partial charge in [-0.05, 0) is 17.7 Å². The number of halogens is 2. The lowest BCUT2D eigenvalue weighted by molar-refractivity contribution is 0.415. The summed E-state index contributed by atoms with van der Waals surface area (Å²) in [6.45, 7) is 1.28. The van der Waals surface area contributed by atoms with Gasteiger partial charge in [0.25, 0.3) is 0 Å². The number of benzene rings is 1. The van der Waals surface area contributed by atoms with E-state index in [1.165, 1.54) is 0 Å². The molecular formula is C10H11ClFO. The van der Waals surface area contributed by atoms with Gasteiger partial charge in [0.05, 0.1) is 18.8 Å². The second-order valence-electron chi connectivity index (χ2n) is 2.76. The van der Waals surface area contributed by atoms with Crippen LogP contribution in [0.4, 0.5) is 4.39 Å². The van der Waals surface area contributed by atoms with Crippen molar-refractivity contribution in [1.29, 1.82) is 0 Å². The molecule has 13 heavy (non-hydrogen) atoms. The molecule has 0 aliphatic rings. The normalized spacial score (nSPS) is 10.5. The predicted octanol–water partition coefficient (Wildman–Crippen LogP) is 3.26. The summed E-state index contributed by atoms with van der Waals surface area (Å²) in [6, 6.07) is 5.23. The Morgan fingerprint density at radius 3 is 2.69 bits per heavy atom. The predicted molar refractivity (Wildman–Crippen MR) is 52.0 cm³/mol. The van der Waals surface area contributed by atoms with E-state index in [1.54, 1.807) is 32.2 Å². The highest BCUT2D eigenvalue weighted by molar-refractivity contribution is 6.32. The molecule has 0 saturated heterocycles. The molecule has 0 amide bonds. The summed E-state index contributed by atoms with van der Waals surface area (Å²) in [7, 11) is 1.55. The van der Waals surface area contributed by atoms with Gasteiger partial charge in [-0.15, -0.1) is 0 Å². The standard InChI is InChI=1S/C10H11ClFO/c1-7(6-12)8-3-4-10(13-2)9(11)5-8/h3-5H,6H2,1-2H3. The maximum atomic E-state index is 12.3. The van der Waals surface area contributed by atoms with Crippen molar-refractivity contribution in [3.05, 3.63) is 34.7 Å². The first-order valence-electron chi connectivity index (χ1n) is 3.91. The molecule has 0 bridgehead atoms. The summed E-state index contributed by atoms with van der Waals surface area (Å²) in [5, 5.41) is 0.507. The molecule has 0 fully saturated rings. The molecule has 0 N–H and O–H groups in total. The highest BCUT2D eigenvalue weighted by Gasteiger charge is 2.08. The number of alkyl halides is 1. The van der Waals surface area contributed by atoms with Crippen LogP contribution in [-0.4, -0.2) is 13.8 Å². The lowest BCUT2D eigenvalue weighted by Crippen LogP contribution is -1.96. The van der Waals surface area contributed by atoms with E-state index in [0.717, 1.165) is 5.56 Å². The van der Waals surface area contributed by atoms with E-state index >= 15 is 0 Å². The van der Waals surface area contributed by atoms with Crippen LogP contribution < -0.4 is 4.74 Å². The van der Waals surface area contributed by atoms with Gasteiger partial charge >= 0.3 is 0 Å². The summed E-state index contributed by atoms with van der Waals surface area (Å²) in [4.78, 5) is 0. The molecule has 1 aromatic rings. The quantitative estimate of drug-likeness (QED) is 0.730. The fourth-order valence-corrected chi connectivity index (χ4v) is 1.27. The fourth-order valence-electron chi connectivity index (χ4n) is 1.01. The smallest absolute Gasteiger partial charge is 0.137 e. The van der Waals surface area contributed by atoms with Crippen LogP contribution in [-0.2, 0) is 0 Å². The molecule has 1 nitrogen and oxygen atoms in total. The second-order valence-corrected chi connectivity index (χ2v) is 3.17. The zero-order chi connectivity index (χ0) is 9.84. The number of ether oxygens (including phenoxy) is 1. The van der Waals surface area contributed by atoms with Gasteiger partial charge in [0.1, 0.15) is 5.75 Å². The summed E-state index contributed by atoms with van der Waals surface area (Å²) < 4.78 is 17.3. The Kier molecular flexibility index (Phi) is 3.55. The SMILES string of the molecule is COc1ccc([C](C)CF)cc1Cl. The van der Waals surface area contributed by atoms with Crippen molar-refractivity contribution in [2.45, 2.75) is 6.92 Å². The van der Waals surface area contributed by atoms with E-state index in [1.807, 2.05) is 0 Å². The minimum atomic E-state index is -0.456. The zero-order valence-corrected chi connectivity index (χ0v) is 8.36. The Morgan fingerprint density at radius 2 is 2.23 bits per heavy atom. The van der Waals surface area contributed by atoms with E-state index in [4.69, 9.17) is 16.3 Å². The summed E-state index contributed by atoms with van der Waals surface area (Å²) in [5.41, 5.74) is 0.813. The highest BCUT2D eigenvalue weighted by atomic mass is 35.5. The Labute approximate surface area is 82.5 Å². The van der Waals surface area contributed by atoms with Crippen molar-refractivity contribution in [2.75, 3.05) is 13.8 Å². The molecule has 0 aliphatic heterocycles. The minimum absolute atomic E-state index is 0.456. The average Bonchev–Trinajstić information content (AvgIpc) is 2.16. The maximum Gasteiger partial charge on any atom is 0.137 e. The number of hydrogen-bond donors (Lipinski definition) is 0. The summed E-state index contributed by atoms with van der Waals surface area (Å²) >= 11 is 5.87. The van der Waals surface area contributed by atoms with Crippen molar-refractivity contribution < 1.29 is 9.13 Å². The van der Waals surface area contributed by atoms with Crippen LogP contribution in [0.1, 0.15) is 12.5 Å². The Morgan fingerprint density at radius 1 is 1.54 bits per heavy atom. The Balaban J connectivity index is 2.95. The third-order valence-corrected chi connectivity index (χ3v) is 2.14. The van der Waals surface area contributed by atoms with Gasteiger partial charge in [-0.25, -0.2) is 0 Å². The number of rotatable bonds is 3. The van der Waals surface area contributed by atoms with E-state index < -0.39 is 6.67 Å². The van der Waals surface area contributed by atoms with Gasteiger partial charge in [0, 0.05) is 5.92 Å². The first-order chi connectivity index (χ1) is 6.19. The molecular weight excluding hydrogens is 191 g/mol. The van der Waals surface area contributed by atoms with Crippen LogP contribution in [0.15, 0.2) is 18.2 Å². The highest BCUT2D eigenvalue weighted by Crippen LogP contribution is 2.27. The molecule has 1 aromatic carbocycles. The molecule has 71 valence electrons. The Bertz CT molecular complexity index is 288. The monoisotopic (exact) mass is 201 g/mol. The van der Waals surface area contributed by atoms with Gasteiger partial charge < -0.3 is 4.74 Å². The third kappa shape index (κ3) is 2.34. The van der Waals surface area contributed by atoms with Crippen LogP contribution >= 0.6 is 11.6 Å². The van der Waals surface area contributed by atoms with Crippen molar-refractivity contribution in [2.24, 2.45) is 0 Å². The maximum absolute atomic E-state index is 12.3. The topological polar surface area (TPSA) is 9.23 Å². The average molecular weight is 202 g/mol. The van der Waals surface area contributed by atoms with E-state index in [-0.39, 0.29) is 0 Å². The molecule has 1 radical (unpaired) electrons. The van der Waals surface area contributed by atoms with Crippen molar-refractivity contribution in [3.8, 4) is 5.75 Å². The second kappa shape index (κ2) is 4.47. The molecule has 0 aliphatic carbocycles. The van der Waals surface area contributed by atoms with Gasteiger partial charge in [-0.2, -0.15) is 0 Å². The fraction of sp³-hybridized carbons (Fsp3) is 0.300. The van der Waals surface area contributed by atoms with Crippen LogP contribution in [0.25, 0.3) is 0 Å². The summed E-state index contributed by atoms with van der Waals surface area (Å²) in [6.07, 6.45) is 0. The third-order valence-electron chi connectivity index (χ3n) is 1.85. The van der Waals surface area contributed by atoms with E-state index in [9.17, 15) is 4.39 Å². The van der Waals surface area contributed by atoms with E-state index in [2.05, 4.69) is 0 Å².